The second-order valence-corrected chi connectivity index (χ2v) is 5.99. The Labute approximate surface area is 128 Å². The smallest absolute Gasteiger partial charge is 0.142 e. The third-order valence-electron chi connectivity index (χ3n) is 3.20. The van der Waals surface area contributed by atoms with E-state index in [0.29, 0.717) is 6.42 Å². The van der Waals surface area contributed by atoms with Gasteiger partial charge in [0.1, 0.15) is 5.82 Å². The van der Waals surface area contributed by atoms with E-state index in [1.165, 1.54) is 10.9 Å². The number of aryl methyl sites for hydroxylation is 1. The molecule has 0 spiro atoms. The van der Waals surface area contributed by atoms with Crippen molar-refractivity contribution in [1.82, 2.24) is 10.3 Å². The van der Waals surface area contributed by atoms with Gasteiger partial charge in [0, 0.05) is 10.9 Å². The molecule has 0 aliphatic rings. The number of thiazole rings is 1. The third kappa shape index (κ3) is 3.57. The van der Waals surface area contributed by atoms with Crippen LogP contribution >= 0.6 is 22.9 Å². The second kappa shape index (κ2) is 7.16. The van der Waals surface area contributed by atoms with E-state index in [-0.39, 0.29) is 16.9 Å². The number of rotatable bonds is 6. The highest BCUT2D eigenvalue weighted by molar-refractivity contribution is 7.09. The first kappa shape index (κ1) is 15.4. The summed E-state index contributed by atoms with van der Waals surface area (Å²) in [6, 6.07) is 5.09. The first-order valence-corrected chi connectivity index (χ1v) is 7.95. The molecule has 0 aliphatic heterocycles. The summed E-state index contributed by atoms with van der Waals surface area (Å²) >= 11 is 7.68. The Bertz CT molecular complexity index is 571. The Morgan fingerprint density at radius 3 is 2.90 bits per heavy atom. The molecule has 0 saturated carbocycles. The van der Waals surface area contributed by atoms with Gasteiger partial charge in [-0.2, -0.15) is 0 Å². The Hall–Kier alpha value is -0.970. The number of halogens is 2. The number of aromatic nitrogens is 1. The van der Waals surface area contributed by atoms with Crippen LogP contribution in [0.5, 0.6) is 0 Å². The minimum Gasteiger partial charge on any atom is -0.309 e. The lowest BCUT2D eigenvalue weighted by Crippen LogP contribution is -2.24. The van der Waals surface area contributed by atoms with Gasteiger partial charge in [-0.3, -0.25) is 0 Å². The molecule has 5 heteroatoms. The molecular formula is C15H18ClFN2S. The summed E-state index contributed by atoms with van der Waals surface area (Å²) in [6.07, 6.45) is 1.71. The van der Waals surface area contributed by atoms with Gasteiger partial charge in [-0.1, -0.05) is 30.7 Å². The lowest BCUT2D eigenvalue weighted by Gasteiger charge is -2.18. The van der Waals surface area contributed by atoms with E-state index in [2.05, 4.69) is 17.2 Å². The van der Waals surface area contributed by atoms with Gasteiger partial charge in [0.05, 0.1) is 16.2 Å². The maximum Gasteiger partial charge on any atom is 0.142 e. The third-order valence-corrected chi connectivity index (χ3v) is 4.66. The van der Waals surface area contributed by atoms with Crippen molar-refractivity contribution < 1.29 is 4.39 Å². The van der Waals surface area contributed by atoms with Crippen LogP contribution in [0, 0.1) is 12.7 Å². The molecule has 0 bridgehead atoms. The highest BCUT2D eigenvalue weighted by Crippen LogP contribution is 2.29. The van der Waals surface area contributed by atoms with Crippen molar-refractivity contribution in [2.75, 3.05) is 6.54 Å². The van der Waals surface area contributed by atoms with E-state index in [9.17, 15) is 4.39 Å². The van der Waals surface area contributed by atoms with Crippen molar-refractivity contribution in [2.45, 2.75) is 32.7 Å². The molecule has 1 heterocycles. The summed E-state index contributed by atoms with van der Waals surface area (Å²) in [6.45, 7) is 5.04. The van der Waals surface area contributed by atoms with Gasteiger partial charge in [-0.25, -0.2) is 9.37 Å². The molecule has 1 N–H and O–H groups in total. The zero-order chi connectivity index (χ0) is 14.5. The highest BCUT2D eigenvalue weighted by atomic mass is 35.5. The predicted molar refractivity (Wildman–Crippen MR) is 83.0 cm³/mol. The fourth-order valence-electron chi connectivity index (χ4n) is 2.15. The molecule has 1 atom stereocenters. The standard InChI is InChI=1S/C15H18ClFN2S/c1-3-7-18-13(15-10(2)19-9-20-15)8-11-5-4-6-12(17)14(11)16/h4-6,9,13,18H,3,7-8H2,1-2H3. The van der Waals surface area contributed by atoms with Gasteiger partial charge < -0.3 is 5.32 Å². The summed E-state index contributed by atoms with van der Waals surface area (Å²) in [5.41, 5.74) is 3.70. The maximum atomic E-state index is 13.5. The minimum atomic E-state index is -0.362. The van der Waals surface area contributed by atoms with E-state index in [4.69, 9.17) is 11.6 Å². The van der Waals surface area contributed by atoms with Gasteiger partial charge in [0.25, 0.3) is 0 Å². The lowest BCUT2D eigenvalue weighted by atomic mass is 10.0. The van der Waals surface area contributed by atoms with Crippen LogP contribution in [0.4, 0.5) is 4.39 Å². The molecule has 0 amide bonds. The van der Waals surface area contributed by atoms with Crippen LogP contribution in [0.2, 0.25) is 5.02 Å². The topological polar surface area (TPSA) is 24.9 Å². The van der Waals surface area contributed by atoms with Gasteiger partial charge in [-0.15, -0.1) is 11.3 Å². The zero-order valence-corrected chi connectivity index (χ0v) is 13.2. The fourth-order valence-corrected chi connectivity index (χ4v) is 3.23. The number of nitrogens with one attached hydrogen (secondary N) is 1. The van der Waals surface area contributed by atoms with Gasteiger partial charge in [-0.05, 0) is 37.9 Å². The van der Waals surface area contributed by atoms with Crippen LogP contribution in [0.1, 0.15) is 35.5 Å². The second-order valence-electron chi connectivity index (χ2n) is 4.73. The van der Waals surface area contributed by atoms with Crippen molar-refractivity contribution in [2.24, 2.45) is 0 Å². The average molecular weight is 313 g/mol. The zero-order valence-electron chi connectivity index (χ0n) is 11.6. The van der Waals surface area contributed by atoms with Crippen molar-refractivity contribution >= 4 is 22.9 Å². The van der Waals surface area contributed by atoms with Crippen LogP contribution in [-0.4, -0.2) is 11.5 Å². The predicted octanol–water partition coefficient (Wildman–Crippen LogP) is 4.53. The highest BCUT2D eigenvalue weighted by Gasteiger charge is 2.18. The van der Waals surface area contributed by atoms with E-state index >= 15 is 0 Å². The number of nitrogens with zero attached hydrogens (tertiary/aromatic N) is 1. The summed E-state index contributed by atoms with van der Waals surface area (Å²) < 4.78 is 13.5. The lowest BCUT2D eigenvalue weighted by molar-refractivity contribution is 0.531. The first-order chi connectivity index (χ1) is 9.63. The SMILES string of the molecule is CCCNC(Cc1cccc(F)c1Cl)c1scnc1C. The molecule has 1 aromatic heterocycles. The Morgan fingerprint density at radius 1 is 1.45 bits per heavy atom. The molecule has 0 fully saturated rings. The molecule has 20 heavy (non-hydrogen) atoms. The summed E-state index contributed by atoms with van der Waals surface area (Å²) in [5.74, 6) is -0.362. The van der Waals surface area contributed by atoms with Crippen LogP contribution in [-0.2, 0) is 6.42 Å². The summed E-state index contributed by atoms with van der Waals surface area (Å²) in [7, 11) is 0. The minimum absolute atomic E-state index is 0.127. The van der Waals surface area contributed by atoms with Gasteiger partial charge >= 0.3 is 0 Å². The summed E-state index contributed by atoms with van der Waals surface area (Å²) in [5, 5.41) is 3.72. The molecular weight excluding hydrogens is 295 g/mol. The fraction of sp³-hybridized carbons (Fsp3) is 0.400. The van der Waals surface area contributed by atoms with Crippen molar-refractivity contribution in [3.63, 3.8) is 0 Å². The first-order valence-electron chi connectivity index (χ1n) is 6.69. The molecule has 0 saturated heterocycles. The Kier molecular flexibility index (Phi) is 5.52. The maximum absolute atomic E-state index is 13.5. The molecule has 0 radical (unpaired) electrons. The summed E-state index contributed by atoms with van der Waals surface area (Å²) in [4.78, 5) is 5.49. The molecule has 1 unspecified atom stereocenters. The molecule has 0 aliphatic carbocycles. The average Bonchev–Trinajstić information content (AvgIpc) is 2.85. The van der Waals surface area contributed by atoms with Crippen LogP contribution in [0.25, 0.3) is 0 Å². The van der Waals surface area contributed by atoms with E-state index < -0.39 is 0 Å². The van der Waals surface area contributed by atoms with Gasteiger partial charge in [0.2, 0.25) is 0 Å². The molecule has 2 nitrogen and oxygen atoms in total. The van der Waals surface area contributed by atoms with Crippen molar-refractivity contribution in [3.8, 4) is 0 Å². The molecule has 108 valence electrons. The molecule has 2 aromatic rings. The number of hydrogen-bond acceptors (Lipinski definition) is 3. The largest absolute Gasteiger partial charge is 0.309 e. The number of hydrogen-bond donors (Lipinski definition) is 1. The van der Waals surface area contributed by atoms with Crippen LogP contribution < -0.4 is 5.32 Å². The van der Waals surface area contributed by atoms with Crippen molar-refractivity contribution in [3.05, 3.63) is 50.7 Å². The quantitative estimate of drug-likeness (QED) is 0.848. The normalized spacial score (nSPS) is 12.6. The van der Waals surface area contributed by atoms with E-state index in [1.54, 1.807) is 17.4 Å². The van der Waals surface area contributed by atoms with Crippen molar-refractivity contribution in [1.29, 1.82) is 0 Å². The monoisotopic (exact) mass is 312 g/mol. The Morgan fingerprint density at radius 2 is 2.25 bits per heavy atom. The molecule has 1 aromatic carbocycles. The Balaban J connectivity index is 2.24. The molecule has 2 rings (SSSR count). The van der Waals surface area contributed by atoms with E-state index in [0.717, 1.165) is 24.2 Å². The van der Waals surface area contributed by atoms with Crippen LogP contribution in [0.15, 0.2) is 23.7 Å². The van der Waals surface area contributed by atoms with E-state index in [1.807, 2.05) is 18.5 Å². The van der Waals surface area contributed by atoms with Gasteiger partial charge in [0.15, 0.2) is 0 Å². The van der Waals surface area contributed by atoms with Crippen LogP contribution in [0.3, 0.4) is 0 Å². The number of benzene rings is 1.